The molecule has 0 aromatic heterocycles. The van der Waals surface area contributed by atoms with E-state index in [-0.39, 0.29) is 18.9 Å². The van der Waals surface area contributed by atoms with Crippen molar-refractivity contribution in [3.05, 3.63) is 59.2 Å². The van der Waals surface area contributed by atoms with Crippen molar-refractivity contribution in [1.82, 2.24) is 5.32 Å². The van der Waals surface area contributed by atoms with Gasteiger partial charge in [-0.3, -0.25) is 9.10 Å². The summed E-state index contributed by atoms with van der Waals surface area (Å²) in [5, 5.41) is 2.82. The molecular formula is C22H30N2O4S. The van der Waals surface area contributed by atoms with Crippen molar-refractivity contribution in [2.24, 2.45) is 0 Å². The first-order chi connectivity index (χ1) is 13.7. The molecule has 0 radical (unpaired) electrons. The molecule has 0 aliphatic carbocycles. The van der Waals surface area contributed by atoms with Crippen molar-refractivity contribution >= 4 is 21.6 Å². The van der Waals surface area contributed by atoms with Gasteiger partial charge in [-0.25, -0.2) is 8.42 Å². The molecule has 2 aromatic carbocycles. The molecule has 0 unspecified atom stereocenters. The Bertz CT molecular complexity index is 942. The van der Waals surface area contributed by atoms with E-state index >= 15 is 0 Å². The van der Waals surface area contributed by atoms with Gasteiger partial charge < -0.3 is 10.1 Å². The summed E-state index contributed by atoms with van der Waals surface area (Å²) in [7, 11) is -3.41. The number of benzene rings is 2. The maximum Gasteiger partial charge on any atom is 0.232 e. The number of amides is 1. The molecule has 0 fully saturated rings. The molecule has 7 heteroatoms. The number of nitrogens with zero attached hydrogens (tertiary/aromatic N) is 1. The highest BCUT2D eigenvalue weighted by atomic mass is 32.2. The van der Waals surface area contributed by atoms with Gasteiger partial charge in [-0.1, -0.05) is 24.3 Å². The van der Waals surface area contributed by atoms with Crippen LogP contribution in [0, 0.1) is 20.8 Å². The molecule has 1 amide bonds. The zero-order chi connectivity index (χ0) is 21.4. The van der Waals surface area contributed by atoms with Gasteiger partial charge in [0.2, 0.25) is 15.9 Å². The number of carbonyl (C=O) groups excluding carboxylic acids is 1. The largest absolute Gasteiger partial charge is 0.491 e. The van der Waals surface area contributed by atoms with Gasteiger partial charge in [0.25, 0.3) is 0 Å². The minimum atomic E-state index is -3.41. The molecule has 0 saturated heterocycles. The van der Waals surface area contributed by atoms with Crippen LogP contribution in [0.3, 0.4) is 0 Å². The first-order valence-corrected chi connectivity index (χ1v) is 11.5. The molecular weight excluding hydrogens is 388 g/mol. The standard InChI is InChI=1S/C22H30N2O4S/c1-17-7-5-8-20(15-17)24(29(4,26)27)13-6-9-22(25)23-12-14-28-21-16-18(2)10-11-19(21)3/h5,7-8,10-11,15-16H,6,9,12-14H2,1-4H3,(H,23,25). The third-order valence-electron chi connectivity index (χ3n) is 4.48. The third kappa shape index (κ3) is 7.42. The number of ether oxygens (including phenoxy) is 1. The van der Waals surface area contributed by atoms with Crippen LogP contribution in [0.5, 0.6) is 5.75 Å². The zero-order valence-electron chi connectivity index (χ0n) is 17.6. The summed E-state index contributed by atoms with van der Waals surface area (Å²) < 4.78 is 31.3. The van der Waals surface area contributed by atoms with Crippen LogP contribution in [-0.4, -0.2) is 40.3 Å². The van der Waals surface area contributed by atoms with Gasteiger partial charge in [-0.05, 0) is 62.1 Å². The Balaban J connectivity index is 1.77. The average molecular weight is 419 g/mol. The lowest BCUT2D eigenvalue weighted by molar-refractivity contribution is -0.121. The molecule has 6 nitrogen and oxygen atoms in total. The SMILES string of the molecule is Cc1cccc(N(CCCC(=O)NCCOc2cc(C)ccc2C)S(C)(=O)=O)c1. The molecule has 0 spiro atoms. The summed E-state index contributed by atoms with van der Waals surface area (Å²) in [6, 6.07) is 13.3. The van der Waals surface area contributed by atoms with E-state index < -0.39 is 10.0 Å². The maximum atomic E-state index is 12.1. The van der Waals surface area contributed by atoms with E-state index in [1.54, 1.807) is 6.07 Å². The quantitative estimate of drug-likeness (QED) is 0.601. The van der Waals surface area contributed by atoms with Crippen molar-refractivity contribution in [3.63, 3.8) is 0 Å². The molecule has 2 rings (SSSR count). The lowest BCUT2D eigenvalue weighted by Gasteiger charge is -2.22. The predicted octanol–water partition coefficient (Wildman–Crippen LogP) is 3.35. The third-order valence-corrected chi connectivity index (χ3v) is 5.67. The number of hydrogen-bond donors (Lipinski definition) is 1. The van der Waals surface area contributed by atoms with Crippen LogP contribution in [0.2, 0.25) is 0 Å². The van der Waals surface area contributed by atoms with E-state index in [4.69, 9.17) is 4.74 Å². The lowest BCUT2D eigenvalue weighted by Crippen LogP contribution is -2.33. The molecule has 0 heterocycles. The fourth-order valence-corrected chi connectivity index (χ4v) is 3.91. The van der Waals surface area contributed by atoms with Crippen molar-refractivity contribution in [3.8, 4) is 5.75 Å². The van der Waals surface area contributed by atoms with Gasteiger partial charge in [0.1, 0.15) is 12.4 Å². The fourth-order valence-electron chi connectivity index (χ4n) is 2.96. The van der Waals surface area contributed by atoms with Gasteiger partial charge in [0.15, 0.2) is 0 Å². The zero-order valence-corrected chi connectivity index (χ0v) is 18.4. The first-order valence-electron chi connectivity index (χ1n) is 9.68. The normalized spacial score (nSPS) is 11.2. The highest BCUT2D eigenvalue weighted by Crippen LogP contribution is 2.20. The fraction of sp³-hybridized carbons (Fsp3) is 0.409. The molecule has 0 bridgehead atoms. The van der Waals surface area contributed by atoms with Gasteiger partial charge in [-0.2, -0.15) is 0 Å². The van der Waals surface area contributed by atoms with Gasteiger partial charge >= 0.3 is 0 Å². The summed E-state index contributed by atoms with van der Waals surface area (Å²) in [5.41, 5.74) is 3.78. The molecule has 0 aliphatic heterocycles. The van der Waals surface area contributed by atoms with Crippen molar-refractivity contribution in [2.75, 3.05) is 30.3 Å². The molecule has 2 aromatic rings. The highest BCUT2D eigenvalue weighted by molar-refractivity contribution is 7.92. The Hall–Kier alpha value is -2.54. The summed E-state index contributed by atoms with van der Waals surface area (Å²) in [4.78, 5) is 12.1. The summed E-state index contributed by atoms with van der Waals surface area (Å²) >= 11 is 0. The number of anilines is 1. The average Bonchev–Trinajstić information content (AvgIpc) is 2.64. The molecule has 0 aliphatic rings. The van der Waals surface area contributed by atoms with E-state index in [1.165, 1.54) is 10.6 Å². The maximum absolute atomic E-state index is 12.1. The van der Waals surface area contributed by atoms with Crippen LogP contribution in [0.1, 0.15) is 29.5 Å². The Kier molecular flexibility index (Phi) is 8.08. The number of hydrogen-bond acceptors (Lipinski definition) is 4. The second-order valence-corrected chi connectivity index (χ2v) is 9.15. The number of nitrogens with one attached hydrogen (secondary N) is 1. The molecule has 1 N–H and O–H groups in total. The van der Waals surface area contributed by atoms with Crippen LogP contribution in [-0.2, 0) is 14.8 Å². The van der Waals surface area contributed by atoms with E-state index in [2.05, 4.69) is 5.32 Å². The van der Waals surface area contributed by atoms with Crippen molar-refractivity contribution in [2.45, 2.75) is 33.6 Å². The van der Waals surface area contributed by atoms with Gasteiger partial charge in [0, 0.05) is 13.0 Å². The van der Waals surface area contributed by atoms with E-state index in [1.807, 2.05) is 57.2 Å². The Morgan fingerprint density at radius 3 is 2.48 bits per heavy atom. The van der Waals surface area contributed by atoms with Crippen LogP contribution < -0.4 is 14.4 Å². The second-order valence-electron chi connectivity index (χ2n) is 7.25. The van der Waals surface area contributed by atoms with Crippen LogP contribution in [0.25, 0.3) is 0 Å². The van der Waals surface area contributed by atoms with Gasteiger partial charge in [0.05, 0.1) is 18.5 Å². The number of rotatable bonds is 10. The Morgan fingerprint density at radius 2 is 1.79 bits per heavy atom. The van der Waals surface area contributed by atoms with Gasteiger partial charge in [-0.15, -0.1) is 0 Å². The van der Waals surface area contributed by atoms with Crippen LogP contribution >= 0.6 is 0 Å². The summed E-state index contributed by atoms with van der Waals surface area (Å²) in [6.45, 7) is 6.95. The number of aryl methyl sites for hydroxylation is 3. The topological polar surface area (TPSA) is 75.7 Å². The van der Waals surface area contributed by atoms with Crippen LogP contribution in [0.4, 0.5) is 5.69 Å². The first kappa shape index (κ1) is 22.7. The van der Waals surface area contributed by atoms with E-state index in [9.17, 15) is 13.2 Å². The summed E-state index contributed by atoms with van der Waals surface area (Å²) in [6.07, 6.45) is 1.87. The minimum Gasteiger partial charge on any atom is -0.491 e. The number of sulfonamides is 1. The van der Waals surface area contributed by atoms with E-state index in [0.717, 1.165) is 22.4 Å². The number of carbonyl (C=O) groups is 1. The molecule has 0 saturated carbocycles. The predicted molar refractivity (Wildman–Crippen MR) is 117 cm³/mol. The lowest BCUT2D eigenvalue weighted by atomic mass is 10.1. The second kappa shape index (κ2) is 10.3. The molecule has 29 heavy (non-hydrogen) atoms. The monoisotopic (exact) mass is 418 g/mol. The Morgan fingerprint density at radius 1 is 1.07 bits per heavy atom. The minimum absolute atomic E-state index is 0.118. The van der Waals surface area contributed by atoms with Crippen molar-refractivity contribution < 1.29 is 17.9 Å². The summed E-state index contributed by atoms with van der Waals surface area (Å²) in [5.74, 6) is 0.702. The smallest absolute Gasteiger partial charge is 0.232 e. The molecule has 0 atom stereocenters. The van der Waals surface area contributed by atoms with Crippen LogP contribution in [0.15, 0.2) is 42.5 Å². The highest BCUT2D eigenvalue weighted by Gasteiger charge is 2.17. The van der Waals surface area contributed by atoms with E-state index in [0.29, 0.717) is 25.3 Å². The Labute approximate surface area is 173 Å². The molecule has 158 valence electrons. The van der Waals surface area contributed by atoms with Crippen molar-refractivity contribution in [1.29, 1.82) is 0 Å².